The van der Waals surface area contributed by atoms with Crippen LogP contribution in [0.15, 0.2) is 60.8 Å². The van der Waals surface area contributed by atoms with Crippen LogP contribution in [0.4, 0.5) is 5.69 Å². The molecule has 3 aromatic rings. The Morgan fingerprint density at radius 2 is 1.88 bits per heavy atom. The van der Waals surface area contributed by atoms with Crippen LogP contribution in [0.3, 0.4) is 0 Å². The smallest absolute Gasteiger partial charge is 0.262 e. The Hall–Kier alpha value is -3.29. The molecule has 0 atom stereocenters. The van der Waals surface area contributed by atoms with Crippen molar-refractivity contribution in [1.82, 2.24) is 10.3 Å². The van der Waals surface area contributed by atoms with E-state index in [1.54, 1.807) is 25.4 Å². The van der Waals surface area contributed by atoms with E-state index in [9.17, 15) is 4.79 Å². The van der Waals surface area contributed by atoms with Crippen molar-refractivity contribution in [2.75, 3.05) is 32.2 Å². The number of anilines is 1. The zero-order chi connectivity index (χ0) is 22.8. The van der Waals surface area contributed by atoms with Crippen LogP contribution in [-0.4, -0.2) is 37.8 Å². The topological polar surface area (TPSA) is 81.7 Å². The summed E-state index contributed by atoms with van der Waals surface area (Å²) < 4.78 is 16.6. The molecule has 2 N–H and O–H groups in total. The summed E-state index contributed by atoms with van der Waals surface area (Å²) in [5.41, 5.74) is 2.68. The Bertz CT molecular complexity index is 1010. The minimum Gasteiger partial charge on any atom is -0.493 e. The Labute approximate surface area is 192 Å². The van der Waals surface area contributed by atoms with Gasteiger partial charge in [0.2, 0.25) is 5.88 Å². The summed E-state index contributed by atoms with van der Waals surface area (Å²) in [5, 5.41) is 6.57. The highest BCUT2D eigenvalue weighted by molar-refractivity contribution is 6.31. The first-order chi connectivity index (χ1) is 15.5. The standard InChI is InChI=1S/C24H26ClN3O4/c1-17-6-8-19(9-7-17)28-23(29)16-32-22-14-20(25)18(13-21(22)30-2)15-26-11-12-31-24-5-3-4-10-27-24/h3-10,13-14,26H,11-12,15-16H2,1-2H3,(H,28,29). The van der Waals surface area contributed by atoms with Crippen molar-refractivity contribution in [3.8, 4) is 17.4 Å². The van der Waals surface area contributed by atoms with E-state index in [0.29, 0.717) is 47.8 Å². The van der Waals surface area contributed by atoms with Crippen LogP contribution < -0.4 is 24.8 Å². The molecule has 3 rings (SSSR count). The zero-order valence-corrected chi connectivity index (χ0v) is 18.8. The van der Waals surface area contributed by atoms with E-state index in [1.807, 2.05) is 49.4 Å². The Kier molecular flexibility index (Phi) is 8.71. The summed E-state index contributed by atoms with van der Waals surface area (Å²) in [6, 6.07) is 16.5. The third-order valence-electron chi connectivity index (χ3n) is 4.51. The summed E-state index contributed by atoms with van der Waals surface area (Å²) >= 11 is 6.41. The van der Waals surface area contributed by atoms with Gasteiger partial charge < -0.3 is 24.8 Å². The number of carbonyl (C=O) groups excluding carboxylic acids is 1. The average Bonchev–Trinajstić information content (AvgIpc) is 2.80. The Morgan fingerprint density at radius 1 is 1.06 bits per heavy atom. The lowest BCUT2D eigenvalue weighted by Crippen LogP contribution is -2.21. The fourth-order valence-electron chi connectivity index (χ4n) is 2.85. The number of hydrogen-bond donors (Lipinski definition) is 2. The minimum absolute atomic E-state index is 0.164. The first-order valence-electron chi connectivity index (χ1n) is 10.2. The van der Waals surface area contributed by atoms with Gasteiger partial charge in [-0.15, -0.1) is 0 Å². The van der Waals surface area contributed by atoms with Crippen molar-refractivity contribution in [1.29, 1.82) is 0 Å². The highest BCUT2D eigenvalue weighted by Gasteiger charge is 2.12. The molecule has 1 amide bonds. The van der Waals surface area contributed by atoms with Crippen molar-refractivity contribution in [3.05, 3.63) is 76.9 Å². The van der Waals surface area contributed by atoms with Gasteiger partial charge in [0.1, 0.15) is 6.61 Å². The predicted molar refractivity (Wildman–Crippen MR) is 125 cm³/mol. The Balaban J connectivity index is 1.49. The van der Waals surface area contributed by atoms with Gasteiger partial charge in [-0.2, -0.15) is 0 Å². The van der Waals surface area contributed by atoms with E-state index in [0.717, 1.165) is 11.1 Å². The molecule has 0 unspecified atom stereocenters. The van der Waals surface area contributed by atoms with Gasteiger partial charge in [-0.25, -0.2) is 4.98 Å². The monoisotopic (exact) mass is 455 g/mol. The largest absolute Gasteiger partial charge is 0.493 e. The number of pyridine rings is 1. The highest BCUT2D eigenvalue weighted by atomic mass is 35.5. The second-order valence-electron chi connectivity index (χ2n) is 6.99. The van der Waals surface area contributed by atoms with Gasteiger partial charge in [0.25, 0.3) is 5.91 Å². The normalized spacial score (nSPS) is 10.5. The number of rotatable bonds is 11. The molecule has 0 aliphatic rings. The molecule has 1 aromatic heterocycles. The molecule has 7 nitrogen and oxygen atoms in total. The van der Waals surface area contributed by atoms with Crippen LogP contribution in [0.1, 0.15) is 11.1 Å². The fraction of sp³-hybridized carbons (Fsp3) is 0.250. The van der Waals surface area contributed by atoms with Crippen LogP contribution in [-0.2, 0) is 11.3 Å². The lowest BCUT2D eigenvalue weighted by molar-refractivity contribution is -0.118. The number of ether oxygens (including phenoxy) is 3. The van der Waals surface area contributed by atoms with Crippen LogP contribution >= 0.6 is 11.6 Å². The molecule has 0 spiro atoms. The molecular weight excluding hydrogens is 430 g/mol. The fourth-order valence-corrected chi connectivity index (χ4v) is 3.07. The number of nitrogens with zero attached hydrogens (tertiary/aromatic N) is 1. The molecule has 0 bridgehead atoms. The molecule has 8 heteroatoms. The SMILES string of the molecule is COc1cc(CNCCOc2ccccn2)c(Cl)cc1OCC(=O)Nc1ccc(C)cc1. The summed E-state index contributed by atoms with van der Waals surface area (Å²) in [5.74, 6) is 1.21. The van der Waals surface area contributed by atoms with Crippen molar-refractivity contribution in [2.24, 2.45) is 0 Å². The molecule has 0 aliphatic carbocycles. The van der Waals surface area contributed by atoms with Crippen LogP contribution in [0.25, 0.3) is 0 Å². The zero-order valence-electron chi connectivity index (χ0n) is 18.1. The maximum Gasteiger partial charge on any atom is 0.262 e. The lowest BCUT2D eigenvalue weighted by Gasteiger charge is -2.14. The number of nitrogens with one attached hydrogen (secondary N) is 2. The van der Waals surface area contributed by atoms with Crippen molar-refractivity contribution >= 4 is 23.2 Å². The number of aryl methyl sites for hydroxylation is 1. The average molecular weight is 456 g/mol. The third kappa shape index (κ3) is 7.14. The number of halogens is 1. The van der Waals surface area contributed by atoms with Gasteiger partial charge in [-0.1, -0.05) is 35.4 Å². The number of carbonyl (C=O) groups is 1. The molecule has 32 heavy (non-hydrogen) atoms. The Morgan fingerprint density at radius 3 is 2.59 bits per heavy atom. The second-order valence-corrected chi connectivity index (χ2v) is 7.40. The molecule has 168 valence electrons. The molecule has 0 saturated heterocycles. The van der Waals surface area contributed by atoms with E-state index in [2.05, 4.69) is 15.6 Å². The van der Waals surface area contributed by atoms with Crippen molar-refractivity contribution in [3.63, 3.8) is 0 Å². The van der Waals surface area contributed by atoms with Crippen LogP contribution in [0, 0.1) is 6.92 Å². The summed E-state index contributed by atoms with van der Waals surface area (Å²) in [6.07, 6.45) is 1.69. The minimum atomic E-state index is -0.273. The van der Waals surface area contributed by atoms with E-state index < -0.39 is 0 Å². The van der Waals surface area contributed by atoms with Crippen molar-refractivity contribution in [2.45, 2.75) is 13.5 Å². The van der Waals surface area contributed by atoms with E-state index in [1.165, 1.54) is 0 Å². The summed E-state index contributed by atoms with van der Waals surface area (Å²) in [7, 11) is 1.54. The van der Waals surface area contributed by atoms with Crippen LogP contribution in [0.5, 0.6) is 17.4 Å². The third-order valence-corrected chi connectivity index (χ3v) is 4.86. The number of aromatic nitrogens is 1. The maximum absolute atomic E-state index is 12.2. The number of methoxy groups -OCH3 is 1. The van der Waals surface area contributed by atoms with Gasteiger partial charge in [0, 0.05) is 42.1 Å². The van der Waals surface area contributed by atoms with Gasteiger partial charge >= 0.3 is 0 Å². The van der Waals surface area contributed by atoms with Gasteiger partial charge in [0.15, 0.2) is 18.1 Å². The van der Waals surface area contributed by atoms with Crippen LogP contribution in [0.2, 0.25) is 5.02 Å². The predicted octanol–water partition coefficient (Wildman–Crippen LogP) is 4.24. The molecule has 0 aliphatic heterocycles. The first-order valence-corrected chi connectivity index (χ1v) is 10.5. The summed E-state index contributed by atoms with van der Waals surface area (Å²) in [4.78, 5) is 16.3. The highest BCUT2D eigenvalue weighted by Crippen LogP contribution is 2.33. The molecule has 0 radical (unpaired) electrons. The molecular formula is C24H26ClN3O4. The van der Waals surface area contributed by atoms with E-state index in [-0.39, 0.29) is 12.5 Å². The van der Waals surface area contributed by atoms with Gasteiger partial charge in [0.05, 0.1) is 7.11 Å². The quantitative estimate of drug-likeness (QED) is 0.421. The molecule has 1 heterocycles. The van der Waals surface area contributed by atoms with Gasteiger partial charge in [-0.05, 0) is 36.8 Å². The number of amides is 1. The number of hydrogen-bond acceptors (Lipinski definition) is 6. The molecule has 0 saturated carbocycles. The molecule has 2 aromatic carbocycles. The van der Waals surface area contributed by atoms with Crippen molar-refractivity contribution < 1.29 is 19.0 Å². The van der Waals surface area contributed by atoms with E-state index >= 15 is 0 Å². The molecule has 0 fully saturated rings. The van der Waals surface area contributed by atoms with Gasteiger partial charge in [-0.3, -0.25) is 4.79 Å². The maximum atomic E-state index is 12.2. The second kappa shape index (κ2) is 11.9. The first kappa shape index (κ1) is 23.4. The van der Waals surface area contributed by atoms with E-state index in [4.69, 9.17) is 25.8 Å². The summed E-state index contributed by atoms with van der Waals surface area (Å²) in [6.45, 7) is 3.44. The lowest BCUT2D eigenvalue weighted by atomic mass is 10.2. The number of benzene rings is 2.